The minimum Gasteiger partial charge on any atom is -0.351 e. The largest absolute Gasteiger partial charge is 0.351 e. The number of hydrogen-bond donors (Lipinski definition) is 2. The molecule has 0 radical (unpaired) electrons. The van der Waals surface area contributed by atoms with Crippen molar-refractivity contribution in [2.24, 2.45) is 0 Å². The number of nitrogens with zero attached hydrogens (tertiary/aromatic N) is 4. The van der Waals surface area contributed by atoms with Crippen LogP contribution in [0.1, 0.15) is 55.8 Å². The molecular weight excluding hydrogens is 352 g/mol. The summed E-state index contributed by atoms with van der Waals surface area (Å²) in [7, 11) is 0. The number of rotatable bonds is 6. The third kappa shape index (κ3) is 4.25. The van der Waals surface area contributed by atoms with Gasteiger partial charge < -0.3 is 5.32 Å². The second kappa shape index (κ2) is 8.14. The quantitative estimate of drug-likeness (QED) is 0.687. The first-order chi connectivity index (χ1) is 13.6. The molecule has 1 aromatic carbocycles. The van der Waals surface area contributed by atoms with Crippen LogP contribution in [0.4, 0.5) is 5.95 Å². The van der Waals surface area contributed by atoms with Gasteiger partial charge in [-0.1, -0.05) is 44.5 Å². The fourth-order valence-electron chi connectivity index (χ4n) is 3.64. The van der Waals surface area contributed by atoms with Gasteiger partial charge in [0.1, 0.15) is 0 Å². The standard InChI is InChI=1S/C21H28N6O/c1-15(2)17-8-6-16(7-9-17)13-22-20-24-21-23-18(12-19(28)27(21)25-20)14-26-10-4-3-5-11-26/h6-9,12,15H,3-5,10-11,13-14H2,1-2H3,(H2,22,23,24,25). The van der Waals surface area contributed by atoms with Crippen molar-refractivity contribution in [3.8, 4) is 0 Å². The molecule has 1 saturated heterocycles. The summed E-state index contributed by atoms with van der Waals surface area (Å²) >= 11 is 0. The van der Waals surface area contributed by atoms with Gasteiger partial charge in [-0.3, -0.25) is 14.8 Å². The number of benzene rings is 1. The topological polar surface area (TPSA) is 78.3 Å². The van der Waals surface area contributed by atoms with Crippen LogP contribution in [0.3, 0.4) is 0 Å². The van der Waals surface area contributed by atoms with Gasteiger partial charge in [0, 0.05) is 19.2 Å². The maximum Gasteiger partial charge on any atom is 0.274 e. The van der Waals surface area contributed by atoms with Crippen molar-refractivity contribution in [1.29, 1.82) is 0 Å². The summed E-state index contributed by atoms with van der Waals surface area (Å²) in [5.74, 6) is 1.49. The molecule has 3 heterocycles. The summed E-state index contributed by atoms with van der Waals surface area (Å²) in [5.41, 5.74) is 3.15. The Morgan fingerprint density at radius 3 is 2.57 bits per heavy atom. The van der Waals surface area contributed by atoms with Crippen LogP contribution in [0.15, 0.2) is 35.1 Å². The molecule has 1 aliphatic heterocycles. The number of hydrogen-bond acceptors (Lipinski definition) is 5. The van der Waals surface area contributed by atoms with Crippen molar-refractivity contribution in [3.05, 3.63) is 57.5 Å². The molecule has 2 aromatic heterocycles. The van der Waals surface area contributed by atoms with E-state index in [2.05, 4.69) is 63.4 Å². The molecule has 7 heteroatoms. The third-order valence-corrected chi connectivity index (χ3v) is 5.32. The third-order valence-electron chi connectivity index (χ3n) is 5.32. The molecule has 0 unspecified atom stereocenters. The summed E-state index contributed by atoms with van der Waals surface area (Å²) < 4.78 is 1.39. The number of nitrogens with one attached hydrogen (secondary N) is 2. The summed E-state index contributed by atoms with van der Waals surface area (Å²) in [6.07, 6.45) is 3.73. The van der Waals surface area contributed by atoms with Crippen LogP contribution in [-0.2, 0) is 13.1 Å². The zero-order valence-corrected chi connectivity index (χ0v) is 16.6. The van der Waals surface area contributed by atoms with E-state index in [0.717, 1.165) is 24.3 Å². The smallest absolute Gasteiger partial charge is 0.274 e. The Morgan fingerprint density at radius 1 is 1.11 bits per heavy atom. The average molecular weight is 380 g/mol. The minimum atomic E-state index is -0.126. The van der Waals surface area contributed by atoms with Crippen molar-refractivity contribution in [2.75, 3.05) is 18.4 Å². The predicted octanol–water partition coefficient (Wildman–Crippen LogP) is 3.14. The normalized spacial score (nSPS) is 15.4. The van der Waals surface area contributed by atoms with Crippen LogP contribution in [0.2, 0.25) is 0 Å². The van der Waals surface area contributed by atoms with Crippen LogP contribution in [0.5, 0.6) is 0 Å². The Morgan fingerprint density at radius 2 is 1.86 bits per heavy atom. The molecule has 3 aromatic rings. The first-order valence-electron chi connectivity index (χ1n) is 10.1. The Bertz CT molecular complexity index is 982. The van der Waals surface area contributed by atoms with E-state index in [1.54, 1.807) is 6.07 Å². The number of piperidine rings is 1. The summed E-state index contributed by atoms with van der Waals surface area (Å²) in [5, 5.41) is 6.25. The molecule has 7 nitrogen and oxygen atoms in total. The van der Waals surface area contributed by atoms with Gasteiger partial charge in [-0.25, -0.2) is 4.98 Å². The highest BCUT2D eigenvalue weighted by atomic mass is 16.1. The first kappa shape index (κ1) is 18.7. The maximum absolute atomic E-state index is 12.4. The van der Waals surface area contributed by atoms with E-state index in [1.165, 1.54) is 29.3 Å². The van der Waals surface area contributed by atoms with Gasteiger partial charge in [0.25, 0.3) is 11.3 Å². The van der Waals surface area contributed by atoms with Crippen molar-refractivity contribution >= 4 is 11.7 Å². The molecule has 1 aliphatic rings. The van der Waals surface area contributed by atoms with Crippen molar-refractivity contribution < 1.29 is 0 Å². The van der Waals surface area contributed by atoms with Gasteiger partial charge in [0.15, 0.2) is 0 Å². The molecule has 0 spiro atoms. The lowest BCUT2D eigenvalue weighted by Crippen LogP contribution is -2.30. The van der Waals surface area contributed by atoms with Gasteiger partial charge in [-0.2, -0.15) is 9.50 Å². The molecule has 2 N–H and O–H groups in total. The number of aromatic amines is 1. The number of aromatic nitrogens is 4. The first-order valence-corrected chi connectivity index (χ1v) is 10.1. The van der Waals surface area contributed by atoms with Crippen molar-refractivity contribution in [3.63, 3.8) is 0 Å². The molecule has 0 aliphatic carbocycles. The average Bonchev–Trinajstić information content (AvgIpc) is 3.11. The highest BCUT2D eigenvalue weighted by Crippen LogP contribution is 2.15. The molecule has 4 rings (SSSR count). The van der Waals surface area contributed by atoms with E-state index in [4.69, 9.17) is 0 Å². The lowest BCUT2D eigenvalue weighted by Gasteiger charge is -2.25. The van der Waals surface area contributed by atoms with Crippen molar-refractivity contribution in [1.82, 2.24) is 24.5 Å². The lowest BCUT2D eigenvalue weighted by molar-refractivity contribution is 0.218. The summed E-state index contributed by atoms with van der Waals surface area (Å²) in [6, 6.07) is 10.1. The fourth-order valence-corrected chi connectivity index (χ4v) is 3.64. The van der Waals surface area contributed by atoms with E-state index in [0.29, 0.717) is 30.7 Å². The lowest BCUT2D eigenvalue weighted by atomic mass is 10.0. The minimum absolute atomic E-state index is 0.126. The van der Waals surface area contributed by atoms with E-state index >= 15 is 0 Å². The highest BCUT2D eigenvalue weighted by Gasteiger charge is 2.14. The molecule has 28 heavy (non-hydrogen) atoms. The van der Waals surface area contributed by atoms with E-state index in [1.807, 2.05) is 0 Å². The zero-order valence-electron chi connectivity index (χ0n) is 16.6. The van der Waals surface area contributed by atoms with Crippen LogP contribution in [0, 0.1) is 0 Å². The maximum atomic E-state index is 12.4. The van der Waals surface area contributed by atoms with Gasteiger partial charge >= 0.3 is 0 Å². The Labute approximate surface area is 164 Å². The fraction of sp³-hybridized carbons (Fsp3) is 0.476. The van der Waals surface area contributed by atoms with Gasteiger partial charge in [0.2, 0.25) is 5.95 Å². The number of anilines is 1. The Kier molecular flexibility index (Phi) is 5.43. The number of H-pyrrole nitrogens is 1. The van der Waals surface area contributed by atoms with Crippen LogP contribution in [0.25, 0.3) is 5.78 Å². The molecule has 0 amide bonds. The number of likely N-dealkylation sites (tertiary alicyclic amines) is 1. The SMILES string of the molecule is CC(C)c1ccc(CNc2nc3nc(CN4CCCCC4)cc(=O)n3[nH]2)cc1. The summed E-state index contributed by atoms with van der Waals surface area (Å²) in [4.78, 5) is 23.8. The molecule has 1 fully saturated rings. The zero-order chi connectivity index (χ0) is 19.5. The van der Waals surface area contributed by atoms with E-state index in [9.17, 15) is 4.79 Å². The Balaban J connectivity index is 1.46. The van der Waals surface area contributed by atoms with Crippen molar-refractivity contribution in [2.45, 2.75) is 52.1 Å². The Hall–Kier alpha value is -2.67. The van der Waals surface area contributed by atoms with E-state index < -0.39 is 0 Å². The predicted molar refractivity (Wildman–Crippen MR) is 111 cm³/mol. The number of fused-ring (bicyclic) bond motifs is 1. The molecule has 0 atom stereocenters. The van der Waals surface area contributed by atoms with E-state index in [-0.39, 0.29) is 5.56 Å². The van der Waals surface area contributed by atoms with Crippen LogP contribution < -0.4 is 10.9 Å². The molecule has 0 saturated carbocycles. The molecule has 0 bridgehead atoms. The van der Waals surface area contributed by atoms with Gasteiger partial charge in [-0.15, -0.1) is 0 Å². The highest BCUT2D eigenvalue weighted by molar-refractivity contribution is 5.38. The van der Waals surface area contributed by atoms with Crippen LogP contribution >= 0.6 is 0 Å². The second-order valence-corrected chi connectivity index (χ2v) is 7.88. The van der Waals surface area contributed by atoms with Gasteiger partial charge in [0.05, 0.1) is 5.69 Å². The molecule has 148 valence electrons. The molecular formula is C21H28N6O. The van der Waals surface area contributed by atoms with Gasteiger partial charge in [-0.05, 0) is 43.0 Å². The second-order valence-electron chi connectivity index (χ2n) is 7.88. The summed E-state index contributed by atoms with van der Waals surface area (Å²) in [6.45, 7) is 7.86. The monoisotopic (exact) mass is 380 g/mol. The van der Waals surface area contributed by atoms with Crippen LogP contribution in [-0.4, -0.2) is 37.6 Å².